The highest BCUT2D eigenvalue weighted by Gasteiger charge is 2.12. The molecule has 3 aromatic rings. The smallest absolute Gasteiger partial charge is 0.268 e. The second-order valence-corrected chi connectivity index (χ2v) is 4.65. The Balaban J connectivity index is 1.77. The summed E-state index contributed by atoms with van der Waals surface area (Å²) in [5, 5.41) is 3.41. The molecule has 21 heavy (non-hydrogen) atoms. The molecule has 0 aliphatic rings. The summed E-state index contributed by atoms with van der Waals surface area (Å²) in [7, 11) is 0. The topological polar surface area (TPSA) is 44.9 Å². The Hall–Kier alpha value is -2.69. The van der Waals surface area contributed by atoms with E-state index in [2.05, 4.69) is 10.3 Å². The molecule has 1 amide bonds. The first-order valence-corrected chi connectivity index (χ1v) is 6.44. The van der Waals surface area contributed by atoms with Crippen LogP contribution in [-0.2, 0) is 6.54 Å². The number of nitrogens with one attached hydrogen (secondary N) is 2. The van der Waals surface area contributed by atoms with Gasteiger partial charge in [0.1, 0.15) is 17.3 Å². The van der Waals surface area contributed by atoms with Gasteiger partial charge in [-0.1, -0.05) is 24.3 Å². The molecule has 0 saturated carbocycles. The van der Waals surface area contributed by atoms with Crippen LogP contribution >= 0.6 is 0 Å². The number of fused-ring (bicyclic) bond motifs is 1. The molecule has 1 heterocycles. The second kappa shape index (κ2) is 5.36. The number of aromatic amines is 1. The van der Waals surface area contributed by atoms with Crippen molar-refractivity contribution >= 4 is 16.8 Å². The molecule has 0 atom stereocenters. The van der Waals surface area contributed by atoms with Gasteiger partial charge in [0.2, 0.25) is 0 Å². The van der Waals surface area contributed by atoms with Crippen LogP contribution in [0.4, 0.5) is 8.78 Å². The molecule has 3 nitrogen and oxygen atoms in total. The van der Waals surface area contributed by atoms with Crippen LogP contribution in [-0.4, -0.2) is 10.9 Å². The fraction of sp³-hybridized carbons (Fsp3) is 0.0625. The summed E-state index contributed by atoms with van der Waals surface area (Å²) in [6, 6.07) is 12.8. The first-order chi connectivity index (χ1) is 10.1. The summed E-state index contributed by atoms with van der Waals surface area (Å²) < 4.78 is 26.9. The average Bonchev–Trinajstić information content (AvgIpc) is 2.90. The molecule has 2 N–H and O–H groups in total. The minimum absolute atomic E-state index is 0.151. The molecule has 1 aromatic heterocycles. The van der Waals surface area contributed by atoms with Crippen molar-refractivity contribution in [1.29, 1.82) is 0 Å². The number of H-pyrrole nitrogens is 1. The summed E-state index contributed by atoms with van der Waals surface area (Å²) in [4.78, 5) is 15.0. The van der Waals surface area contributed by atoms with E-state index in [1.165, 1.54) is 6.07 Å². The third kappa shape index (κ3) is 2.63. The van der Waals surface area contributed by atoms with Crippen molar-refractivity contribution in [2.75, 3.05) is 0 Å². The molecule has 0 fully saturated rings. The maximum absolute atomic E-state index is 13.5. The Bertz CT molecular complexity index is 758. The van der Waals surface area contributed by atoms with Crippen LogP contribution in [0.5, 0.6) is 0 Å². The van der Waals surface area contributed by atoms with Gasteiger partial charge in [-0.3, -0.25) is 4.79 Å². The monoisotopic (exact) mass is 286 g/mol. The van der Waals surface area contributed by atoms with Crippen molar-refractivity contribution in [1.82, 2.24) is 10.3 Å². The van der Waals surface area contributed by atoms with Crippen molar-refractivity contribution in [3.63, 3.8) is 0 Å². The third-order valence-corrected chi connectivity index (χ3v) is 3.26. The molecule has 3 rings (SSSR count). The van der Waals surface area contributed by atoms with Crippen molar-refractivity contribution in [3.05, 3.63) is 71.4 Å². The van der Waals surface area contributed by atoms with E-state index < -0.39 is 17.5 Å². The predicted molar refractivity (Wildman–Crippen MR) is 75.8 cm³/mol. The molecule has 0 aliphatic carbocycles. The van der Waals surface area contributed by atoms with E-state index in [9.17, 15) is 13.6 Å². The maximum Gasteiger partial charge on any atom is 0.268 e. The predicted octanol–water partition coefficient (Wildman–Crippen LogP) is 3.38. The zero-order valence-electron chi connectivity index (χ0n) is 11.0. The van der Waals surface area contributed by atoms with Gasteiger partial charge in [-0.2, -0.15) is 0 Å². The van der Waals surface area contributed by atoms with Gasteiger partial charge in [-0.05, 0) is 24.3 Å². The van der Waals surface area contributed by atoms with E-state index >= 15 is 0 Å². The molecule has 0 aliphatic heterocycles. The van der Waals surface area contributed by atoms with Crippen LogP contribution < -0.4 is 5.32 Å². The third-order valence-electron chi connectivity index (χ3n) is 3.26. The molecule has 0 bridgehead atoms. The van der Waals surface area contributed by atoms with E-state index in [0.717, 1.165) is 23.0 Å². The van der Waals surface area contributed by atoms with Crippen LogP contribution in [0.1, 0.15) is 16.1 Å². The standard InChI is InChI=1S/C16H12F2N2O/c17-12-5-3-6-13(18)11(12)9-19-16(21)15-8-10-4-1-2-7-14(10)20-15/h1-8,20H,9H2,(H,19,21). The first kappa shape index (κ1) is 13.3. The van der Waals surface area contributed by atoms with Gasteiger partial charge in [0.25, 0.3) is 5.91 Å². The van der Waals surface area contributed by atoms with Crippen LogP contribution in [0.3, 0.4) is 0 Å². The zero-order valence-corrected chi connectivity index (χ0v) is 11.0. The lowest BCUT2D eigenvalue weighted by atomic mass is 10.2. The van der Waals surface area contributed by atoms with Crippen LogP contribution in [0.25, 0.3) is 10.9 Å². The van der Waals surface area contributed by atoms with Gasteiger partial charge in [0, 0.05) is 23.0 Å². The number of benzene rings is 2. The van der Waals surface area contributed by atoms with Gasteiger partial charge < -0.3 is 10.3 Å². The van der Waals surface area contributed by atoms with Gasteiger partial charge in [-0.25, -0.2) is 8.78 Å². The quantitative estimate of drug-likeness (QED) is 0.761. The highest BCUT2D eigenvalue weighted by molar-refractivity contribution is 5.97. The number of aromatic nitrogens is 1. The van der Waals surface area contributed by atoms with Crippen molar-refractivity contribution in [3.8, 4) is 0 Å². The molecular weight excluding hydrogens is 274 g/mol. The zero-order chi connectivity index (χ0) is 14.8. The second-order valence-electron chi connectivity index (χ2n) is 4.65. The summed E-state index contributed by atoms with van der Waals surface area (Å²) in [6.07, 6.45) is 0. The number of para-hydroxylation sites is 1. The maximum atomic E-state index is 13.5. The van der Waals surface area contributed by atoms with E-state index in [4.69, 9.17) is 0 Å². The van der Waals surface area contributed by atoms with Crippen molar-refractivity contribution < 1.29 is 13.6 Å². The highest BCUT2D eigenvalue weighted by atomic mass is 19.1. The Morgan fingerprint density at radius 2 is 1.76 bits per heavy atom. The van der Waals surface area contributed by atoms with Gasteiger partial charge in [0.05, 0.1) is 0 Å². The summed E-state index contributed by atoms with van der Waals surface area (Å²) >= 11 is 0. The molecule has 5 heteroatoms. The highest BCUT2D eigenvalue weighted by Crippen LogP contribution is 2.15. The van der Waals surface area contributed by atoms with Gasteiger partial charge in [-0.15, -0.1) is 0 Å². The Kier molecular flexibility index (Phi) is 3.39. The minimum Gasteiger partial charge on any atom is -0.351 e. The number of carbonyl (C=O) groups excluding carboxylic acids is 1. The number of hydrogen-bond acceptors (Lipinski definition) is 1. The van der Waals surface area contributed by atoms with E-state index in [1.807, 2.05) is 24.3 Å². The van der Waals surface area contributed by atoms with Crippen LogP contribution in [0.15, 0.2) is 48.5 Å². The van der Waals surface area contributed by atoms with E-state index in [1.54, 1.807) is 6.07 Å². The van der Waals surface area contributed by atoms with Gasteiger partial charge in [0.15, 0.2) is 0 Å². The van der Waals surface area contributed by atoms with Crippen molar-refractivity contribution in [2.24, 2.45) is 0 Å². The lowest BCUT2D eigenvalue weighted by Gasteiger charge is -2.06. The van der Waals surface area contributed by atoms with Crippen LogP contribution in [0.2, 0.25) is 0 Å². The summed E-state index contributed by atoms with van der Waals surface area (Å²) in [5.41, 5.74) is 1.04. The molecular formula is C16H12F2N2O. The first-order valence-electron chi connectivity index (χ1n) is 6.44. The largest absolute Gasteiger partial charge is 0.351 e. The summed E-state index contributed by atoms with van der Waals surface area (Å²) in [5.74, 6) is -1.76. The molecule has 106 valence electrons. The Morgan fingerprint density at radius 1 is 1.05 bits per heavy atom. The molecule has 0 saturated heterocycles. The minimum atomic E-state index is -0.674. The number of amides is 1. The lowest BCUT2D eigenvalue weighted by Crippen LogP contribution is -2.24. The fourth-order valence-electron chi connectivity index (χ4n) is 2.16. The number of rotatable bonds is 3. The number of halogens is 2. The Labute approximate surface area is 119 Å². The van der Waals surface area contributed by atoms with Crippen molar-refractivity contribution in [2.45, 2.75) is 6.54 Å². The fourth-order valence-corrected chi connectivity index (χ4v) is 2.16. The normalized spacial score (nSPS) is 10.8. The molecule has 2 aromatic carbocycles. The SMILES string of the molecule is O=C(NCc1c(F)cccc1F)c1cc2ccccc2[nH]1. The van der Waals surface area contributed by atoms with E-state index in [0.29, 0.717) is 5.69 Å². The summed E-state index contributed by atoms with van der Waals surface area (Å²) in [6.45, 7) is -0.202. The Morgan fingerprint density at radius 3 is 2.48 bits per heavy atom. The number of carbonyl (C=O) groups is 1. The lowest BCUT2D eigenvalue weighted by molar-refractivity contribution is 0.0946. The number of hydrogen-bond donors (Lipinski definition) is 2. The van der Waals surface area contributed by atoms with Gasteiger partial charge >= 0.3 is 0 Å². The van der Waals surface area contributed by atoms with Crippen LogP contribution in [0, 0.1) is 11.6 Å². The molecule has 0 unspecified atom stereocenters. The molecule has 0 radical (unpaired) electrons. The van der Waals surface area contributed by atoms with E-state index in [-0.39, 0.29) is 12.1 Å². The molecule has 0 spiro atoms. The average molecular weight is 286 g/mol.